The highest BCUT2D eigenvalue weighted by Gasteiger charge is 2.10. The van der Waals surface area contributed by atoms with Gasteiger partial charge in [0.2, 0.25) is 5.91 Å². The fraction of sp³-hybridized carbons (Fsp3) is 0.333. The van der Waals surface area contributed by atoms with E-state index in [2.05, 4.69) is 34.5 Å². The predicted octanol–water partition coefficient (Wildman–Crippen LogP) is 2.70. The highest BCUT2D eigenvalue weighted by atomic mass is 16.2. The second-order valence-corrected chi connectivity index (χ2v) is 6.78. The zero-order valence-electron chi connectivity index (χ0n) is 14.9. The van der Waals surface area contributed by atoms with Gasteiger partial charge < -0.3 is 11.1 Å². The summed E-state index contributed by atoms with van der Waals surface area (Å²) in [6.45, 7) is 3.85. The first-order valence-electron chi connectivity index (χ1n) is 9.10. The summed E-state index contributed by atoms with van der Waals surface area (Å²) < 4.78 is 0. The molecule has 136 valence electrons. The third kappa shape index (κ3) is 4.92. The molecule has 5 nitrogen and oxygen atoms in total. The lowest BCUT2D eigenvalue weighted by Gasteiger charge is -2.26. The predicted molar refractivity (Wildman–Crippen MR) is 102 cm³/mol. The number of primary amides is 1. The van der Waals surface area contributed by atoms with Crippen molar-refractivity contribution in [3.8, 4) is 0 Å². The smallest absolute Gasteiger partial charge is 0.251 e. The Hall–Kier alpha value is -2.66. The Bertz CT molecular complexity index is 748. The molecule has 1 fully saturated rings. The van der Waals surface area contributed by atoms with Gasteiger partial charge in [0.25, 0.3) is 5.91 Å². The van der Waals surface area contributed by atoms with E-state index in [1.807, 2.05) is 0 Å². The van der Waals surface area contributed by atoms with Crippen LogP contribution in [0.5, 0.6) is 0 Å². The van der Waals surface area contributed by atoms with Crippen LogP contribution in [0, 0.1) is 0 Å². The minimum absolute atomic E-state index is 0.168. The first kappa shape index (κ1) is 18.1. The minimum Gasteiger partial charge on any atom is -0.366 e. The summed E-state index contributed by atoms with van der Waals surface area (Å²) in [6.07, 6.45) is 3.94. The van der Waals surface area contributed by atoms with Crippen LogP contribution in [0.1, 0.15) is 51.1 Å². The standard InChI is InChI=1S/C21H25N3O2/c22-20(25)18-8-10-19(11-9-18)21(26)23-14-16-4-6-17(7-5-16)15-24-12-2-1-3-13-24/h4-11H,1-3,12-15H2,(H2,22,25)(H,23,26). The van der Waals surface area contributed by atoms with Crippen LogP contribution in [-0.2, 0) is 13.1 Å². The van der Waals surface area contributed by atoms with E-state index in [0.717, 1.165) is 12.1 Å². The SMILES string of the molecule is NC(=O)c1ccc(C(=O)NCc2ccc(CN3CCCCC3)cc2)cc1. The number of likely N-dealkylation sites (tertiary alicyclic amines) is 1. The molecule has 26 heavy (non-hydrogen) atoms. The molecule has 0 radical (unpaired) electrons. The molecular formula is C21H25N3O2. The van der Waals surface area contributed by atoms with Gasteiger partial charge in [-0.2, -0.15) is 0 Å². The van der Waals surface area contributed by atoms with Crippen LogP contribution in [0.25, 0.3) is 0 Å². The van der Waals surface area contributed by atoms with Crippen molar-refractivity contribution in [2.45, 2.75) is 32.4 Å². The Morgan fingerprint density at radius 1 is 0.846 bits per heavy atom. The van der Waals surface area contributed by atoms with Crippen molar-refractivity contribution in [1.82, 2.24) is 10.2 Å². The molecule has 2 amide bonds. The van der Waals surface area contributed by atoms with E-state index < -0.39 is 5.91 Å². The number of piperidine rings is 1. The van der Waals surface area contributed by atoms with E-state index in [9.17, 15) is 9.59 Å². The van der Waals surface area contributed by atoms with Gasteiger partial charge in [-0.1, -0.05) is 30.7 Å². The Kier molecular flexibility index (Phi) is 6.02. The highest BCUT2D eigenvalue weighted by molar-refractivity contribution is 5.97. The van der Waals surface area contributed by atoms with Crippen molar-refractivity contribution in [2.75, 3.05) is 13.1 Å². The minimum atomic E-state index is -0.499. The van der Waals surface area contributed by atoms with Crippen LogP contribution in [-0.4, -0.2) is 29.8 Å². The van der Waals surface area contributed by atoms with Gasteiger partial charge in [0.05, 0.1) is 0 Å². The van der Waals surface area contributed by atoms with Gasteiger partial charge in [-0.25, -0.2) is 0 Å². The molecule has 1 aliphatic rings. The number of hydrogen-bond acceptors (Lipinski definition) is 3. The maximum atomic E-state index is 12.2. The molecule has 3 N–H and O–H groups in total. The summed E-state index contributed by atoms with van der Waals surface area (Å²) >= 11 is 0. The molecule has 3 rings (SSSR count). The van der Waals surface area contributed by atoms with Gasteiger partial charge in [-0.05, 0) is 61.3 Å². The fourth-order valence-corrected chi connectivity index (χ4v) is 3.21. The lowest BCUT2D eigenvalue weighted by Crippen LogP contribution is -2.29. The fourth-order valence-electron chi connectivity index (χ4n) is 3.21. The quantitative estimate of drug-likeness (QED) is 0.840. The van der Waals surface area contributed by atoms with Crippen molar-refractivity contribution >= 4 is 11.8 Å². The first-order valence-corrected chi connectivity index (χ1v) is 9.10. The summed E-state index contributed by atoms with van der Waals surface area (Å²) in [6, 6.07) is 14.7. The second kappa shape index (κ2) is 8.63. The molecule has 1 aliphatic heterocycles. The van der Waals surface area contributed by atoms with Crippen LogP contribution >= 0.6 is 0 Å². The average Bonchev–Trinajstić information content (AvgIpc) is 2.68. The molecule has 1 saturated heterocycles. The zero-order chi connectivity index (χ0) is 18.4. The Morgan fingerprint density at radius 3 is 2.04 bits per heavy atom. The van der Waals surface area contributed by atoms with Gasteiger partial charge in [-0.15, -0.1) is 0 Å². The third-order valence-corrected chi connectivity index (χ3v) is 4.76. The van der Waals surface area contributed by atoms with Gasteiger partial charge in [0, 0.05) is 24.2 Å². The third-order valence-electron chi connectivity index (χ3n) is 4.76. The summed E-state index contributed by atoms with van der Waals surface area (Å²) in [5, 5.41) is 2.90. The number of carbonyl (C=O) groups excluding carboxylic acids is 2. The van der Waals surface area contributed by atoms with Gasteiger partial charge >= 0.3 is 0 Å². The number of amides is 2. The number of hydrogen-bond donors (Lipinski definition) is 2. The van der Waals surface area contributed by atoms with Crippen LogP contribution in [0.4, 0.5) is 0 Å². The average molecular weight is 351 g/mol. The van der Waals surface area contributed by atoms with E-state index in [0.29, 0.717) is 17.7 Å². The number of benzene rings is 2. The number of nitrogens with zero attached hydrogens (tertiary/aromatic N) is 1. The lowest BCUT2D eigenvalue weighted by atomic mass is 10.1. The summed E-state index contributed by atoms with van der Waals surface area (Å²) in [4.78, 5) is 25.8. The highest BCUT2D eigenvalue weighted by Crippen LogP contribution is 2.13. The van der Waals surface area contributed by atoms with Crippen molar-refractivity contribution < 1.29 is 9.59 Å². The Balaban J connectivity index is 1.50. The molecule has 0 unspecified atom stereocenters. The molecule has 2 aromatic rings. The molecule has 0 atom stereocenters. The van der Waals surface area contributed by atoms with Crippen LogP contribution < -0.4 is 11.1 Å². The number of carbonyl (C=O) groups is 2. The molecule has 2 aromatic carbocycles. The molecule has 0 saturated carbocycles. The lowest BCUT2D eigenvalue weighted by molar-refractivity contribution is 0.0948. The van der Waals surface area contributed by atoms with Crippen molar-refractivity contribution in [1.29, 1.82) is 0 Å². The molecule has 0 bridgehead atoms. The van der Waals surface area contributed by atoms with Crippen LogP contribution in [0.3, 0.4) is 0 Å². The maximum absolute atomic E-state index is 12.2. The Morgan fingerprint density at radius 2 is 1.42 bits per heavy atom. The molecule has 0 aromatic heterocycles. The summed E-state index contributed by atoms with van der Waals surface area (Å²) in [7, 11) is 0. The second-order valence-electron chi connectivity index (χ2n) is 6.78. The Labute approximate surface area is 154 Å². The monoisotopic (exact) mass is 351 g/mol. The van der Waals surface area contributed by atoms with Crippen LogP contribution in [0.2, 0.25) is 0 Å². The number of rotatable bonds is 6. The van der Waals surface area contributed by atoms with E-state index in [1.165, 1.54) is 37.9 Å². The van der Waals surface area contributed by atoms with E-state index >= 15 is 0 Å². The molecule has 0 spiro atoms. The molecular weight excluding hydrogens is 326 g/mol. The van der Waals surface area contributed by atoms with Crippen molar-refractivity contribution in [3.63, 3.8) is 0 Å². The van der Waals surface area contributed by atoms with Gasteiger partial charge in [0.15, 0.2) is 0 Å². The van der Waals surface area contributed by atoms with Crippen molar-refractivity contribution in [2.24, 2.45) is 5.73 Å². The number of nitrogens with two attached hydrogens (primary N) is 1. The molecule has 1 heterocycles. The molecule has 5 heteroatoms. The normalized spacial score (nSPS) is 14.8. The largest absolute Gasteiger partial charge is 0.366 e. The number of nitrogens with one attached hydrogen (secondary N) is 1. The zero-order valence-corrected chi connectivity index (χ0v) is 14.9. The van der Waals surface area contributed by atoms with Crippen LogP contribution in [0.15, 0.2) is 48.5 Å². The molecule has 0 aliphatic carbocycles. The van der Waals surface area contributed by atoms with Gasteiger partial charge in [-0.3, -0.25) is 14.5 Å². The first-order chi connectivity index (χ1) is 12.6. The maximum Gasteiger partial charge on any atom is 0.251 e. The van der Waals surface area contributed by atoms with Gasteiger partial charge in [0.1, 0.15) is 0 Å². The summed E-state index contributed by atoms with van der Waals surface area (Å²) in [5.41, 5.74) is 8.48. The van der Waals surface area contributed by atoms with E-state index in [-0.39, 0.29) is 5.91 Å². The summed E-state index contributed by atoms with van der Waals surface area (Å²) in [5.74, 6) is -0.667. The van der Waals surface area contributed by atoms with E-state index in [4.69, 9.17) is 5.73 Å². The van der Waals surface area contributed by atoms with E-state index in [1.54, 1.807) is 24.3 Å². The topological polar surface area (TPSA) is 75.4 Å². The van der Waals surface area contributed by atoms with Crippen molar-refractivity contribution in [3.05, 3.63) is 70.8 Å².